The van der Waals surface area contributed by atoms with Crippen molar-refractivity contribution in [1.82, 2.24) is 9.88 Å². The molecule has 1 rings (SSSR count). The summed E-state index contributed by atoms with van der Waals surface area (Å²) in [7, 11) is 1.39. The molecular formula is C14H22N2O2. The van der Waals surface area contributed by atoms with Crippen LogP contribution in [0.3, 0.4) is 0 Å². The molecule has 0 saturated heterocycles. The SMILES string of the molecule is CCCN(Cc1ncccc1C(=O)OC)C(C)C. The van der Waals surface area contributed by atoms with E-state index in [1.807, 2.05) is 0 Å². The number of pyridine rings is 1. The smallest absolute Gasteiger partial charge is 0.339 e. The van der Waals surface area contributed by atoms with Crippen LogP contribution in [0.1, 0.15) is 43.2 Å². The van der Waals surface area contributed by atoms with Gasteiger partial charge in [0.1, 0.15) is 0 Å². The van der Waals surface area contributed by atoms with Gasteiger partial charge in [0.05, 0.1) is 18.4 Å². The highest BCUT2D eigenvalue weighted by Crippen LogP contribution is 2.12. The molecule has 0 radical (unpaired) electrons. The molecular weight excluding hydrogens is 228 g/mol. The van der Waals surface area contributed by atoms with E-state index in [1.165, 1.54) is 7.11 Å². The van der Waals surface area contributed by atoms with E-state index in [1.54, 1.807) is 18.3 Å². The first kappa shape index (κ1) is 14.6. The van der Waals surface area contributed by atoms with Gasteiger partial charge in [-0.1, -0.05) is 6.92 Å². The minimum atomic E-state index is -0.321. The molecule has 0 aromatic carbocycles. The van der Waals surface area contributed by atoms with Gasteiger partial charge in [-0.05, 0) is 38.9 Å². The monoisotopic (exact) mass is 250 g/mol. The summed E-state index contributed by atoms with van der Waals surface area (Å²) in [6.07, 6.45) is 2.80. The van der Waals surface area contributed by atoms with E-state index >= 15 is 0 Å². The molecule has 0 aliphatic heterocycles. The number of hydrogen-bond acceptors (Lipinski definition) is 4. The zero-order chi connectivity index (χ0) is 13.5. The molecule has 1 aromatic heterocycles. The van der Waals surface area contributed by atoms with Crippen LogP contribution in [0.2, 0.25) is 0 Å². The van der Waals surface area contributed by atoms with Gasteiger partial charge in [-0.3, -0.25) is 9.88 Å². The molecule has 0 saturated carbocycles. The minimum Gasteiger partial charge on any atom is -0.465 e. The van der Waals surface area contributed by atoms with Gasteiger partial charge in [0, 0.05) is 18.8 Å². The number of carbonyl (C=O) groups excluding carboxylic acids is 1. The topological polar surface area (TPSA) is 42.4 Å². The Labute approximate surface area is 109 Å². The van der Waals surface area contributed by atoms with Gasteiger partial charge < -0.3 is 4.74 Å². The van der Waals surface area contributed by atoms with E-state index in [4.69, 9.17) is 4.74 Å². The van der Waals surface area contributed by atoms with E-state index in [0.717, 1.165) is 18.7 Å². The molecule has 4 nitrogen and oxygen atoms in total. The number of nitrogens with zero attached hydrogens (tertiary/aromatic N) is 2. The Bertz CT molecular complexity index is 391. The van der Waals surface area contributed by atoms with Crippen LogP contribution < -0.4 is 0 Å². The Morgan fingerprint density at radius 1 is 1.50 bits per heavy atom. The third-order valence-electron chi connectivity index (χ3n) is 2.89. The molecule has 0 aliphatic carbocycles. The highest BCUT2D eigenvalue weighted by Gasteiger charge is 2.16. The van der Waals surface area contributed by atoms with Gasteiger partial charge >= 0.3 is 5.97 Å². The van der Waals surface area contributed by atoms with Gasteiger partial charge in [-0.2, -0.15) is 0 Å². The zero-order valence-electron chi connectivity index (χ0n) is 11.6. The molecule has 0 bridgehead atoms. The lowest BCUT2D eigenvalue weighted by molar-refractivity contribution is 0.0596. The largest absolute Gasteiger partial charge is 0.465 e. The van der Waals surface area contributed by atoms with Gasteiger partial charge in [0.25, 0.3) is 0 Å². The number of hydrogen-bond donors (Lipinski definition) is 0. The maximum atomic E-state index is 11.7. The average molecular weight is 250 g/mol. The second-order valence-electron chi connectivity index (χ2n) is 4.55. The molecule has 1 heterocycles. The van der Waals surface area contributed by atoms with Crippen LogP contribution in [0.25, 0.3) is 0 Å². The van der Waals surface area contributed by atoms with Gasteiger partial charge in [-0.15, -0.1) is 0 Å². The highest BCUT2D eigenvalue weighted by molar-refractivity contribution is 5.90. The third kappa shape index (κ3) is 3.81. The van der Waals surface area contributed by atoms with Crippen molar-refractivity contribution in [1.29, 1.82) is 0 Å². The van der Waals surface area contributed by atoms with Crippen molar-refractivity contribution in [2.45, 2.75) is 39.8 Å². The molecule has 18 heavy (non-hydrogen) atoms. The van der Waals surface area contributed by atoms with Crippen molar-refractivity contribution in [3.05, 3.63) is 29.6 Å². The molecule has 4 heteroatoms. The molecule has 0 atom stereocenters. The molecule has 0 N–H and O–H groups in total. The normalized spacial score (nSPS) is 11.0. The lowest BCUT2D eigenvalue weighted by atomic mass is 10.1. The van der Waals surface area contributed by atoms with Crippen molar-refractivity contribution in [3.63, 3.8) is 0 Å². The standard InChI is InChI=1S/C14H22N2O2/c1-5-9-16(11(2)3)10-13-12(14(17)18-4)7-6-8-15-13/h6-8,11H,5,9-10H2,1-4H3. The number of ether oxygens (including phenoxy) is 1. The van der Waals surface area contributed by atoms with Crippen LogP contribution in [-0.4, -0.2) is 35.5 Å². The Balaban J connectivity index is 2.91. The van der Waals surface area contributed by atoms with Crippen LogP contribution in [0.5, 0.6) is 0 Å². The van der Waals surface area contributed by atoms with Crippen molar-refractivity contribution >= 4 is 5.97 Å². The predicted octanol–water partition coefficient (Wildman–Crippen LogP) is 2.49. The Hall–Kier alpha value is -1.42. The molecule has 0 unspecified atom stereocenters. The second-order valence-corrected chi connectivity index (χ2v) is 4.55. The van der Waals surface area contributed by atoms with Crippen molar-refractivity contribution in [3.8, 4) is 0 Å². The molecule has 0 amide bonds. The maximum absolute atomic E-state index is 11.7. The summed E-state index contributed by atoms with van der Waals surface area (Å²) in [6.45, 7) is 8.12. The lowest BCUT2D eigenvalue weighted by Gasteiger charge is -2.26. The number of carbonyl (C=O) groups is 1. The zero-order valence-corrected chi connectivity index (χ0v) is 11.6. The van der Waals surface area contributed by atoms with Gasteiger partial charge in [0.15, 0.2) is 0 Å². The van der Waals surface area contributed by atoms with Crippen LogP contribution >= 0.6 is 0 Å². The number of methoxy groups -OCH3 is 1. The fourth-order valence-electron chi connectivity index (χ4n) is 1.86. The summed E-state index contributed by atoms with van der Waals surface area (Å²) in [4.78, 5) is 18.3. The van der Waals surface area contributed by atoms with E-state index in [0.29, 0.717) is 18.2 Å². The average Bonchev–Trinajstić information content (AvgIpc) is 2.37. The number of esters is 1. The Morgan fingerprint density at radius 3 is 2.78 bits per heavy atom. The first-order chi connectivity index (χ1) is 8.60. The molecule has 100 valence electrons. The first-order valence-corrected chi connectivity index (χ1v) is 6.36. The number of aromatic nitrogens is 1. The summed E-state index contributed by atoms with van der Waals surface area (Å²) < 4.78 is 4.78. The van der Waals surface area contributed by atoms with Crippen molar-refractivity contribution in [2.24, 2.45) is 0 Å². The predicted molar refractivity (Wildman–Crippen MR) is 71.4 cm³/mol. The fourth-order valence-corrected chi connectivity index (χ4v) is 1.86. The molecule has 0 spiro atoms. The Morgan fingerprint density at radius 2 is 2.22 bits per heavy atom. The summed E-state index contributed by atoms with van der Waals surface area (Å²) in [5.41, 5.74) is 1.34. The third-order valence-corrected chi connectivity index (χ3v) is 2.89. The minimum absolute atomic E-state index is 0.321. The maximum Gasteiger partial charge on any atom is 0.339 e. The molecule has 0 fully saturated rings. The van der Waals surface area contributed by atoms with Crippen LogP contribution in [0, 0.1) is 0 Å². The van der Waals surface area contributed by atoms with E-state index in [2.05, 4.69) is 30.7 Å². The van der Waals surface area contributed by atoms with E-state index in [9.17, 15) is 4.79 Å². The van der Waals surface area contributed by atoms with Gasteiger partial charge in [-0.25, -0.2) is 4.79 Å². The number of rotatable bonds is 6. The summed E-state index contributed by atoms with van der Waals surface area (Å²) in [5.74, 6) is -0.321. The lowest BCUT2D eigenvalue weighted by Crippen LogP contribution is -2.32. The van der Waals surface area contributed by atoms with E-state index in [-0.39, 0.29) is 5.97 Å². The quantitative estimate of drug-likeness (QED) is 0.727. The van der Waals surface area contributed by atoms with Crippen LogP contribution in [0.4, 0.5) is 0 Å². The summed E-state index contributed by atoms with van der Waals surface area (Å²) in [6, 6.07) is 3.95. The molecule has 0 aliphatic rings. The summed E-state index contributed by atoms with van der Waals surface area (Å²) in [5, 5.41) is 0. The van der Waals surface area contributed by atoms with Crippen molar-refractivity contribution in [2.75, 3.05) is 13.7 Å². The van der Waals surface area contributed by atoms with Crippen LogP contribution in [0.15, 0.2) is 18.3 Å². The summed E-state index contributed by atoms with van der Waals surface area (Å²) >= 11 is 0. The first-order valence-electron chi connectivity index (χ1n) is 6.36. The van der Waals surface area contributed by atoms with Gasteiger partial charge in [0.2, 0.25) is 0 Å². The van der Waals surface area contributed by atoms with Crippen molar-refractivity contribution < 1.29 is 9.53 Å². The highest BCUT2D eigenvalue weighted by atomic mass is 16.5. The second kappa shape index (κ2) is 7.11. The van der Waals surface area contributed by atoms with Crippen LogP contribution in [-0.2, 0) is 11.3 Å². The molecule has 1 aromatic rings. The fraction of sp³-hybridized carbons (Fsp3) is 0.571. The van der Waals surface area contributed by atoms with E-state index < -0.39 is 0 Å². The Kier molecular flexibility index (Phi) is 5.78.